The van der Waals surface area contributed by atoms with Gasteiger partial charge in [0.25, 0.3) is 0 Å². The third-order valence-corrected chi connectivity index (χ3v) is 4.31. The zero-order chi connectivity index (χ0) is 11.2. The van der Waals surface area contributed by atoms with E-state index in [1.165, 1.54) is 11.1 Å². The second-order valence-electron chi connectivity index (χ2n) is 5.23. The maximum Gasteiger partial charge on any atom is 0.220 e. The summed E-state index contributed by atoms with van der Waals surface area (Å²) in [5.74, 6) is 0.224. The van der Waals surface area contributed by atoms with Crippen molar-refractivity contribution in [1.82, 2.24) is 5.32 Å². The van der Waals surface area contributed by atoms with Crippen LogP contribution in [0, 0.1) is 0 Å². The fraction of sp³-hybridized carbons (Fsp3) is 0.500. The second kappa shape index (κ2) is 3.34. The molecule has 1 amide bonds. The van der Waals surface area contributed by atoms with Gasteiger partial charge in [0.05, 0.1) is 0 Å². The molecule has 0 unspecified atom stereocenters. The molecule has 0 saturated carbocycles. The lowest BCUT2D eigenvalue weighted by molar-refractivity contribution is -0.125. The number of carbonyl (C=O) groups is 1. The van der Waals surface area contributed by atoms with Gasteiger partial charge in [-0.15, -0.1) is 0 Å². The predicted octanol–water partition coefficient (Wildman–Crippen LogP) is 2.17. The van der Waals surface area contributed by atoms with Crippen LogP contribution in [0.2, 0.25) is 0 Å². The lowest BCUT2D eigenvalue weighted by Gasteiger charge is -2.46. The zero-order valence-electron chi connectivity index (χ0n) is 9.62. The van der Waals surface area contributed by atoms with Crippen LogP contribution in [0.15, 0.2) is 24.3 Å². The number of benzene rings is 1. The maximum absolute atomic E-state index is 11.5. The smallest absolute Gasteiger partial charge is 0.220 e. The number of aryl methyl sites for hydroxylation is 1. The molecule has 1 N–H and O–H groups in total. The summed E-state index contributed by atoms with van der Waals surface area (Å²) in [4.78, 5) is 11.5. The van der Waals surface area contributed by atoms with Gasteiger partial charge in [-0.1, -0.05) is 31.2 Å². The molecule has 1 heterocycles. The number of piperidine rings is 1. The van der Waals surface area contributed by atoms with Crippen molar-refractivity contribution >= 4 is 5.91 Å². The summed E-state index contributed by atoms with van der Waals surface area (Å²) in [5.41, 5.74) is 3.08. The van der Waals surface area contributed by atoms with Crippen LogP contribution in [-0.4, -0.2) is 11.9 Å². The van der Waals surface area contributed by atoms with Gasteiger partial charge in [-0.25, -0.2) is 0 Å². The second-order valence-corrected chi connectivity index (χ2v) is 5.23. The molecule has 3 rings (SSSR count). The Bertz CT molecular complexity index is 440. The topological polar surface area (TPSA) is 29.1 Å². The van der Waals surface area contributed by atoms with Gasteiger partial charge >= 0.3 is 0 Å². The van der Waals surface area contributed by atoms with Crippen molar-refractivity contribution in [3.05, 3.63) is 35.4 Å². The normalized spacial score (nSPS) is 32.6. The van der Waals surface area contributed by atoms with Crippen molar-refractivity contribution in [3.63, 3.8) is 0 Å². The summed E-state index contributed by atoms with van der Waals surface area (Å²) in [6.45, 7) is 2.30. The molecular formula is C14H17NO. The highest BCUT2D eigenvalue weighted by Crippen LogP contribution is 2.42. The minimum atomic E-state index is 0.156. The molecule has 2 atom stereocenters. The van der Waals surface area contributed by atoms with Gasteiger partial charge in [0.1, 0.15) is 0 Å². The minimum absolute atomic E-state index is 0.156. The SMILES string of the molecule is C[C@@]12CCC(=O)N[C@H]1CCc1ccccc12. The summed E-state index contributed by atoms with van der Waals surface area (Å²) in [7, 11) is 0. The Morgan fingerprint density at radius 2 is 2.12 bits per heavy atom. The lowest BCUT2D eigenvalue weighted by Crippen LogP contribution is -2.55. The van der Waals surface area contributed by atoms with Crippen LogP contribution >= 0.6 is 0 Å². The van der Waals surface area contributed by atoms with Gasteiger partial charge in [-0.3, -0.25) is 4.79 Å². The summed E-state index contributed by atoms with van der Waals surface area (Å²) in [6.07, 6.45) is 3.83. The quantitative estimate of drug-likeness (QED) is 0.706. The van der Waals surface area contributed by atoms with Crippen molar-refractivity contribution in [2.75, 3.05) is 0 Å². The van der Waals surface area contributed by atoms with Gasteiger partial charge in [0.2, 0.25) is 5.91 Å². The molecule has 1 saturated heterocycles. The van der Waals surface area contributed by atoms with Crippen LogP contribution in [-0.2, 0) is 16.6 Å². The van der Waals surface area contributed by atoms with E-state index in [2.05, 4.69) is 36.5 Å². The average Bonchev–Trinajstić information content (AvgIpc) is 2.31. The number of nitrogens with one attached hydrogen (secondary N) is 1. The lowest BCUT2D eigenvalue weighted by atomic mass is 9.64. The van der Waals surface area contributed by atoms with E-state index in [0.717, 1.165) is 19.3 Å². The molecule has 0 aromatic heterocycles. The van der Waals surface area contributed by atoms with Gasteiger partial charge in [0.15, 0.2) is 0 Å². The highest BCUT2D eigenvalue weighted by atomic mass is 16.1. The van der Waals surface area contributed by atoms with Gasteiger partial charge in [-0.2, -0.15) is 0 Å². The van der Waals surface area contributed by atoms with E-state index in [9.17, 15) is 4.79 Å². The molecule has 2 heteroatoms. The monoisotopic (exact) mass is 215 g/mol. The third-order valence-electron chi connectivity index (χ3n) is 4.31. The fourth-order valence-electron chi connectivity index (χ4n) is 3.28. The maximum atomic E-state index is 11.5. The van der Waals surface area contributed by atoms with Crippen LogP contribution in [0.25, 0.3) is 0 Å². The Morgan fingerprint density at radius 3 is 3.00 bits per heavy atom. The highest BCUT2D eigenvalue weighted by molar-refractivity contribution is 5.78. The van der Waals surface area contributed by atoms with Crippen molar-refractivity contribution < 1.29 is 4.79 Å². The summed E-state index contributed by atoms with van der Waals surface area (Å²) < 4.78 is 0. The number of hydrogen-bond acceptors (Lipinski definition) is 1. The molecule has 0 bridgehead atoms. The van der Waals surface area contributed by atoms with Crippen molar-refractivity contribution in [2.45, 2.75) is 44.1 Å². The molecule has 0 spiro atoms. The first-order valence-electron chi connectivity index (χ1n) is 6.08. The Balaban J connectivity index is 2.07. The van der Waals surface area contributed by atoms with Crippen molar-refractivity contribution in [1.29, 1.82) is 0 Å². The Kier molecular flexibility index (Phi) is 2.06. The molecule has 1 aromatic carbocycles. The van der Waals surface area contributed by atoms with Gasteiger partial charge < -0.3 is 5.32 Å². The van der Waals surface area contributed by atoms with Gasteiger partial charge in [-0.05, 0) is 30.4 Å². The first-order valence-corrected chi connectivity index (χ1v) is 6.08. The minimum Gasteiger partial charge on any atom is -0.352 e. The zero-order valence-corrected chi connectivity index (χ0v) is 9.62. The molecule has 2 aliphatic rings. The standard InChI is InChI=1S/C14H17NO/c1-14-9-8-13(16)15-12(14)7-6-10-4-2-3-5-11(10)14/h2-5,12H,6-9H2,1H3,(H,15,16)/t12-,14-/m0/s1. The molecule has 1 aromatic rings. The van der Waals surface area contributed by atoms with E-state index in [4.69, 9.17) is 0 Å². The number of carbonyl (C=O) groups excluding carboxylic acids is 1. The van der Waals surface area contributed by atoms with E-state index in [1.807, 2.05) is 0 Å². The van der Waals surface area contributed by atoms with Crippen LogP contribution in [0.1, 0.15) is 37.3 Å². The first-order chi connectivity index (χ1) is 7.70. The van der Waals surface area contributed by atoms with E-state index in [-0.39, 0.29) is 11.3 Å². The summed E-state index contributed by atoms with van der Waals surface area (Å²) >= 11 is 0. The van der Waals surface area contributed by atoms with Crippen molar-refractivity contribution in [3.8, 4) is 0 Å². The predicted molar refractivity (Wildman–Crippen MR) is 63.3 cm³/mol. The third kappa shape index (κ3) is 1.29. The summed E-state index contributed by atoms with van der Waals surface area (Å²) in [6, 6.07) is 9.03. The van der Waals surface area contributed by atoms with E-state index in [1.54, 1.807) is 0 Å². The molecule has 1 fully saturated rings. The Labute approximate surface area is 96.1 Å². The first kappa shape index (κ1) is 9.88. The number of hydrogen-bond donors (Lipinski definition) is 1. The Morgan fingerprint density at radius 1 is 1.31 bits per heavy atom. The fourth-order valence-corrected chi connectivity index (χ4v) is 3.28. The van der Waals surface area contributed by atoms with Crippen LogP contribution < -0.4 is 5.32 Å². The Hall–Kier alpha value is -1.31. The molecule has 1 aliphatic carbocycles. The molecule has 2 nitrogen and oxygen atoms in total. The van der Waals surface area contributed by atoms with E-state index < -0.39 is 0 Å². The van der Waals surface area contributed by atoms with Crippen molar-refractivity contribution in [2.24, 2.45) is 0 Å². The molecular weight excluding hydrogens is 198 g/mol. The van der Waals surface area contributed by atoms with E-state index in [0.29, 0.717) is 12.5 Å². The molecule has 16 heavy (non-hydrogen) atoms. The van der Waals surface area contributed by atoms with E-state index >= 15 is 0 Å². The number of amides is 1. The molecule has 0 radical (unpaired) electrons. The van der Waals surface area contributed by atoms with Crippen LogP contribution in [0.4, 0.5) is 0 Å². The number of rotatable bonds is 0. The highest BCUT2D eigenvalue weighted by Gasteiger charge is 2.43. The van der Waals surface area contributed by atoms with Crippen LogP contribution in [0.3, 0.4) is 0 Å². The average molecular weight is 215 g/mol. The number of fused-ring (bicyclic) bond motifs is 3. The molecule has 84 valence electrons. The van der Waals surface area contributed by atoms with Crippen LogP contribution in [0.5, 0.6) is 0 Å². The summed E-state index contributed by atoms with van der Waals surface area (Å²) in [5, 5.41) is 3.16. The largest absolute Gasteiger partial charge is 0.352 e. The molecule has 1 aliphatic heterocycles. The van der Waals surface area contributed by atoms with Gasteiger partial charge in [0, 0.05) is 17.9 Å².